The van der Waals surface area contributed by atoms with Gasteiger partial charge in [-0.25, -0.2) is 4.39 Å². The third-order valence-electron chi connectivity index (χ3n) is 4.35. The number of carbonyl (C=O) groups excluding carboxylic acids is 1. The second-order valence-electron chi connectivity index (χ2n) is 6.68. The summed E-state index contributed by atoms with van der Waals surface area (Å²) in [5, 5.41) is 6.32. The van der Waals surface area contributed by atoms with E-state index in [-0.39, 0.29) is 29.8 Å². The molecule has 0 heterocycles. The smallest absolute Gasteiger partial charge is 0.222 e. The van der Waals surface area contributed by atoms with Crippen LogP contribution in [0.25, 0.3) is 0 Å². The molecule has 1 aliphatic rings. The summed E-state index contributed by atoms with van der Waals surface area (Å²) in [6.45, 7) is 2.71. The predicted octanol–water partition coefficient (Wildman–Crippen LogP) is 2.07. The zero-order valence-corrected chi connectivity index (χ0v) is 18.1. The van der Waals surface area contributed by atoms with Crippen LogP contribution in [0, 0.1) is 17.7 Å². The van der Waals surface area contributed by atoms with Crippen molar-refractivity contribution in [3.05, 3.63) is 35.6 Å². The van der Waals surface area contributed by atoms with E-state index >= 15 is 0 Å². The number of hydrogen-bond donors (Lipinski definition) is 3. The molecule has 1 atom stereocenters. The molecule has 0 aromatic heterocycles. The Hall–Kier alpha value is -1.42. The molecule has 1 saturated carbocycles. The lowest BCUT2D eigenvalue weighted by Crippen LogP contribution is -2.43. The number of hydrogen-bond acceptors (Lipinski definition) is 3. The summed E-state index contributed by atoms with van der Waals surface area (Å²) in [6, 6.07) is 6.10. The summed E-state index contributed by atoms with van der Waals surface area (Å²) in [5.41, 5.74) is 6.37. The minimum atomic E-state index is -0.402. The molecule has 0 spiro atoms. The minimum Gasteiger partial charge on any atom is -0.381 e. The molecular weight excluding hydrogens is 462 g/mol. The number of carbonyl (C=O) groups is 1. The van der Waals surface area contributed by atoms with Gasteiger partial charge in [0.05, 0.1) is 5.92 Å². The molecule has 1 aliphatic carbocycles. The maximum atomic E-state index is 13.0. The highest BCUT2D eigenvalue weighted by atomic mass is 127. The van der Waals surface area contributed by atoms with E-state index in [1.165, 1.54) is 25.0 Å². The Balaban J connectivity index is 0.00000364. The standard InChI is InChI=1S/C19H29FN4O2.HI/c1-22-19(23-9-2-10-26-13-15-3-4-15)24-12-16(18(21)25)11-14-5-7-17(20)8-6-14;/h5-8,15-16H,2-4,9-13H2,1H3,(H2,21,25)(H2,22,23,24);1H. The highest BCUT2D eigenvalue weighted by Gasteiger charge is 2.20. The van der Waals surface area contributed by atoms with Gasteiger partial charge in [0.2, 0.25) is 5.91 Å². The van der Waals surface area contributed by atoms with Crippen LogP contribution < -0.4 is 16.4 Å². The van der Waals surface area contributed by atoms with E-state index in [4.69, 9.17) is 10.5 Å². The average Bonchev–Trinajstić information content (AvgIpc) is 3.45. The van der Waals surface area contributed by atoms with Gasteiger partial charge in [-0.3, -0.25) is 9.79 Å². The van der Waals surface area contributed by atoms with E-state index in [9.17, 15) is 9.18 Å². The van der Waals surface area contributed by atoms with E-state index in [1.54, 1.807) is 19.2 Å². The fourth-order valence-electron chi connectivity index (χ4n) is 2.53. The van der Waals surface area contributed by atoms with Crippen LogP contribution in [-0.2, 0) is 16.0 Å². The van der Waals surface area contributed by atoms with Crippen LogP contribution in [0.3, 0.4) is 0 Å². The van der Waals surface area contributed by atoms with Gasteiger partial charge in [-0.2, -0.15) is 0 Å². The van der Waals surface area contributed by atoms with Gasteiger partial charge in [0.25, 0.3) is 0 Å². The van der Waals surface area contributed by atoms with Crippen molar-refractivity contribution >= 4 is 35.8 Å². The van der Waals surface area contributed by atoms with Crippen molar-refractivity contribution in [3.63, 3.8) is 0 Å². The second kappa shape index (κ2) is 12.9. The summed E-state index contributed by atoms with van der Waals surface area (Å²) in [4.78, 5) is 15.8. The summed E-state index contributed by atoms with van der Waals surface area (Å²) >= 11 is 0. The fourth-order valence-corrected chi connectivity index (χ4v) is 2.53. The summed E-state index contributed by atoms with van der Waals surface area (Å²) < 4.78 is 18.6. The fraction of sp³-hybridized carbons (Fsp3) is 0.579. The van der Waals surface area contributed by atoms with Crippen molar-refractivity contribution in [2.45, 2.75) is 25.7 Å². The SMILES string of the molecule is CN=C(NCCCOCC1CC1)NCC(Cc1ccc(F)cc1)C(N)=O.I. The monoisotopic (exact) mass is 492 g/mol. The van der Waals surface area contributed by atoms with Gasteiger partial charge in [0.15, 0.2) is 5.96 Å². The van der Waals surface area contributed by atoms with Gasteiger partial charge >= 0.3 is 0 Å². The van der Waals surface area contributed by atoms with Crippen LogP contribution in [0.1, 0.15) is 24.8 Å². The molecule has 4 N–H and O–H groups in total. The summed E-state index contributed by atoms with van der Waals surface area (Å²) in [6.07, 6.45) is 3.94. The third kappa shape index (κ3) is 9.90. The number of guanidine groups is 1. The molecular formula is C19H30FIN4O2. The Labute approximate surface area is 177 Å². The molecule has 1 unspecified atom stereocenters. The van der Waals surface area contributed by atoms with Gasteiger partial charge in [-0.15, -0.1) is 24.0 Å². The predicted molar refractivity (Wildman–Crippen MR) is 116 cm³/mol. The third-order valence-corrected chi connectivity index (χ3v) is 4.35. The molecule has 0 radical (unpaired) electrons. The normalized spacial score (nSPS) is 15.0. The van der Waals surface area contributed by atoms with Crippen LogP contribution in [-0.4, -0.2) is 45.2 Å². The quantitative estimate of drug-likeness (QED) is 0.191. The first-order chi connectivity index (χ1) is 12.6. The first-order valence-corrected chi connectivity index (χ1v) is 9.14. The molecule has 1 amide bonds. The number of aliphatic imine (C=N–C) groups is 1. The Morgan fingerprint density at radius 1 is 1.33 bits per heavy atom. The van der Waals surface area contributed by atoms with E-state index in [0.29, 0.717) is 18.9 Å². The van der Waals surface area contributed by atoms with Crippen LogP contribution >= 0.6 is 24.0 Å². The average molecular weight is 492 g/mol. The Morgan fingerprint density at radius 3 is 2.63 bits per heavy atom. The van der Waals surface area contributed by atoms with Crippen molar-refractivity contribution in [1.82, 2.24) is 10.6 Å². The summed E-state index contributed by atoms with van der Waals surface area (Å²) in [7, 11) is 1.68. The van der Waals surface area contributed by atoms with E-state index in [1.807, 2.05) is 0 Å². The molecule has 152 valence electrons. The molecule has 1 aromatic rings. The molecule has 27 heavy (non-hydrogen) atoms. The lowest BCUT2D eigenvalue weighted by Gasteiger charge is -2.17. The second-order valence-corrected chi connectivity index (χ2v) is 6.68. The molecule has 1 aromatic carbocycles. The number of primary amides is 1. The molecule has 0 aliphatic heterocycles. The molecule has 1 fully saturated rings. The number of nitrogens with two attached hydrogens (primary N) is 1. The number of benzene rings is 1. The van der Waals surface area contributed by atoms with Crippen LogP contribution in [0.15, 0.2) is 29.3 Å². The van der Waals surface area contributed by atoms with Gasteiger partial charge in [0, 0.05) is 33.4 Å². The van der Waals surface area contributed by atoms with Gasteiger partial charge in [-0.1, -0.05) is 12.1 Å². The zero-order valence-electron chi connectivity index (χ0n) is 15.7. The van der Waals surface area contributed by atoms with E-state index in [2.05, 4.69) is 15.6 Å². The number of amides is 1. The topological polar surface area (TPSA) is 88.7 Å². The van der Waals surface area contributed by atoms with E-state index < -0.39 is 11.8 Å². The maximum absolute atomic E-state index is 13.0. The lowest BCUT2D eigenvalue weighted by molar-refractivity contribution is -0.121. The number of nitrogens with zero attached hydrogens (tertiary/aromatic N) is 1. The van der Waals surface area contributed by atoms with Crippen molar-refractivity contribution < 1.29 is 13.9 Å². The number of ether oxygens (including phenoxy) is 1. The minimum absolute atomic E-state index is 0. The molecule has 6 nitrogen and oxygen atoms in total. The Morgan fingerprint density at radius 2 is 2.04 bits per heavy atom. The van der Waals surface area contributed by atoms with Crippen LogP contribution in [0.2, 0.25) is 0 Å². The molecule has 0 bridgehead atoms. The van der Waals surface area contributed by atoms with Crippen molar-refractivity contribution in [1.29, 1.82) is 0 Å². The van der Waals surface area contributed by atoms with Gasteiger partial charge < -0.3 is 21.1 Å². The zero-order chi connectivity index (χ0) is 18.8. The van der Waals surface area contributed by atoms with Crippen LogP contribution in [0.5, 0.6) is 0 Å². The first-order valence-electron chi connectivity index (χ1n) is 9.14. The highest BCUT2D eigenvalue weighted by molar-refractivity contribution is 14.0. The number of rotatable bonds is 11. The van der Waals surface area contributed by atoms with Crippen molar-refractivity contribution in [3.8, 4) is 0 Å². The van der Waals surface area contributed by atoms with Gasteiger partial charge in [-0.05, 0) is 49.3 Å². The molecule has 8 heteroatoms. The molecule has 2 rings (SSSR count). The number of halogens is 2. The van der Waals surface area contributed by atoms with Crippen LogP contribution in [0.4, 0.5) is 4.39 Å². The Kier molecular flexibility index (Phi) is 11.3. The maximum Gasteiger partial charge on any atom is 0.222 e. The largest absolute Gasteiger partial charge is 0.381 e. The Bertz CT molecular complexity index is 594. The van der Waals surface area contributed by atoms with Gasteiger partial charge in [0.1, 0.15) is 5.82 Å². The lowest BCUT2D eigenvalue weighted by atomic mass is 9.98. The van der Waals surface area contributed by atoms with E-state index in [0.717, 1.165) is 37.7 Å². The highest BCUT2D eigenvalue weighted by Crippen LogP contribution is 2.28. The molecule has 0 saturated heterocycles. The van der Waals surface area contributed by atoms with Crippen molar-refractivity contribution in [2.75, 3.05) is 33.4 Å². The number of nitrogens with one attached hydrogen (secondary N) is 2. The van der Waals surface area contributed by atoms with Crippen molar-refractivity contribution in [2.24, 2.45) is 22.6 Å². The summed E-state index contributed by atoms with van der Waals surface area (Å²) in [5.74, 6) is 0.307. The first kappa shape index (κ1) is 23.6.